The van der Waals surface area contributed by atoms with E-state index >= 15 is 0 Å². The molecule has 21 heavy (non-hydrogen) atoms. The Balaban J connectivity index is 2.64. The lowest BCUT2D eigenvalue weighted by molar-refractivity contribution is 0.402. The molecular formula is C17H19BrClNO. The van der Waals surface area contributed by atoms with Crippen molar-refractivity contribution in [2.75, 3.05) is 14.2 Å². The van der Waals surface area contributed by atoms with Crippen LogP contribution in [0.4, 0.5) is 0 Å². The van der Waals surface area contributed by atoms with Gasteiger partial charge in [0.2, 0.25) is 0 Å². The molecule has 0 aliphatic rings. The number of rotatable bonds is 4. The van der Waals surface area contributed by atoms with Crippen LogP contribution in [-0.2, 0) is 0 Å². The van der Waals surface area contributed by atoms with Crippen molar-refractivity contribution in [1.82, 2.24) is 5.32 Å². The van der Waals surface area contributed by atoms with E-state index in [1.54, 1.807) is 7.11 Å². The van der Waals surface area contributed by atoms with Gasteiger partial charge in [0.05, 0.1) is 17.6 Å². The third-order valence-electron chi connectivity index (χ3n) is 3.80. The van der Waals surface area contributed by atoms with Gasteiger partial charge in [0, 0.05) is 10.6 Å². The summed E-state index contributed by atoms with van der Waals surface area (Å²) in [6.07, 6.45) is 0. The Hall–Kier alpha value is -1.03. The minimum Gasteiger partial charge on any atom is -0.495 e. The van der Waals surface area contributed by atoms with Crippen molar-refractivity contribution in [2.24, 2.45) is 0 Å². The summed E-state index contributed by atoms with van der Waals surface area (Å²) < 4.78 is 6.42. The molecule has 2 nitrogen and oxygen atoms in total. The first-order chi connectivity index (χ1) is 9.99. The molecular weight excluding hydrogens is 350 g/mol. The van der Waals surface area contributed by atoms with Crippen molar-refractivity contribution >= 4 is 27.5 Å². The SMILES string of the molecule is CNC(c1cccc(C)c1C)c1cc(Cl)cc(Br)c1OC. The second kappa shape index (κ2) is 6.82. The summed E-state index contributed by atoms with van der Waals surface area (Å²) >= 11 is 9.75. The van der Waals surface area contributed by atoms with Crippen LogP contribution in [0.1, 0.15) is 28.3 Å². The van der Waals surface area contributed by atoms with Crippen molar-refractivity contribution in [3.05, 3.63) is 62.1 Å². The Kier molecular flexibility index (Phi) is 5.31. The molecule has 0 aromatic heterocycles. The summed E-state index contributed by atoms with van der Waals surface area (Å²) in [6.45, 7) is 4.26. The minimum absolute atomic E-state index is 0.0230. The normalized spacial score (nSPS) is 12.3. The summed E-state index contributed by atoms with van der Waals surface area (Å²) in [6, 6.07) is 10.2. The first-order valence-electron chi connectivity index (χ1n) is 6.76. The van der Waals surface area contributed by atoms with Crippen LogP contribution in [0.3, 0.4) is 0 Å². The van der Waals surface area contributed by atoms with Gasteiger partial charge < -0.3 is 10.1 Å². The maximum absolute atomic E-state index is 6.23. The van der Waals surface area contributed by atoms with Crippen molar-refractivity contribution in [2.45, 2.75) is 19.9 Å². The fourth-order valence-electron chi connectivity index (χ4n) is 2.58. The van der Waals surface area contributed by atoms with E-state index in [4.69, 9.17) is 16.3 Å². The standard InChI is InChI=1S/C17H19BrClNO/c1-10-6-5-7-13(11(10)2)16(20-3)14-8-12(19)9-15(18)17(14)21-4/h5-9,16,20H,1-4H3. The predicted molar refractivity (Wildman–Crippen MR) is 92.5 cm³/mol. The van der Waals surface area contributed by atoms with Gasteiger partial charge in [0.15, 0.2) is 0 Å². The molecule has 2 aromatic carbocycles. The highest BCUT2D eigenvalue weighted by atomic mass is 79.9. The van der Waals surface area contributed by atoms with E-state index in [0.717, 1.165) is 15.8 Å². The maximum atomic E-state index is 6.23. The van der Waals surface area contributed by atoms with Crippen molar-refractivity contribution < 1.29 is 4.74 Å². The lowest BCUT2D eigenvalue weighted by Gasteiger charge is -2.23. The van der Waals surface area contributed by atoms with Gasteiger partial charge in [-0.1, -0.05) is 29.8 Å². The molecule has 1 unspecified atom stereocenters. The van der Waals surface area contributed by atoms with Gasteiger partial charge in [-0.05, 0) is 65.6 Å². The Morgan fingerprint density at radius 2 is 1.90 bits per heavy atom. The van der Waals surface area contributed by atoms with Crippen LogP contribution < -0.4 is 10.1 Å². The second-order valence-electron chi connectivity index (χ2n) is 5.02. The lowest BCUT2D eigenvalue weighted by Crippen LogP contribution is -2.20. The number of hydrogen-bond acceptors (Lipinski definition) is 2. The Morgan fingerprint density at radius 3 is 2.52 bits per heavy atom. The van der Waals surface area contributed by atoms with E-state index in [1.807, 2.05) is 19.2 Å². The molecule has 2 rings (SSSR count). The van der Waals surface area contributed by atoms with E-state index in [2.05, 4.69) is 53.3 Å². The summed E-state index contributed by atoms with van der Waals surface area (Å²) in [7, 11) is 3.62. The first-order valence-corrected chi connectivity index (χ1v) is 7.93. The largest absolute Gasteiger partial charge is 0.495 e. The number of aryl methyl sites for hydroxylation is 1. The molecule has 0 saturated carbocycles. The lowest BCUT2D eigenvalue weighted by atomic mass is 9.92. The van der Waals surface area contributed by atoms with Crippen LogP contribution in [0.15, 0.2) is 34.8 Å². The Morgan fingerprint density at radius 1 is 1.19 bits per heavy atom. The second-order valence-corrected chi connectivity index (χ2v) is 6.31. The van der Waals surface area contributed by atoms with Crippen LogP contribution in [0.5, 0.6) is 5.75 Å². The number of methoxy groups -OCH3 is 1. The van der Waals surface area contributed by atoms with E-state index in [0.29, 0.717) is 5.02 Å². The van der Waals surface area contributed by atoms with Gasteiger partial charge in [-0.2, -0.15) is 0 Å². The highest BCUT2D eigenvalue weighted by Crippen LogP contribution is 2.39. The van der Waals surface area contributed by atoms with Gasteiger partial charge in [0.25, 0.3) is 0 Å². The molecule has 0 aliphatic heterocycles. The zero-order valence-electron chi connectivity index (χ0n) is 12.6. The van der Waals surface area contributed by atoms with E-state index in [9.17, 15) is 0 Å². The van der Waals surface area contributed by atoms with Crippen LogP contribution >= 0.6 is 27.5 Å². The monoisotopic (exact) mass is 367 g/mol. The van der Waals surface area contributed by atoms with E-state index in [-0.39, 0.29) is 6.04 Å². The fourth-order valence-corrected chi connectivity index (χ4v) is 3.57. The highest BCUT2D eigenvalue weighted by molar-refractivity contribution is 9.10. The number of nitrogens with one attached hydrogen (secondary N) is 1. The number of hydrogen-bond donors (Lipinski definition) is 1. The van der Waals surface area contributed by atoms with Crippen LogP contribution in [0, 0.1) is 13.8 Å². The van der Waals surface area contributed by atoms with Gasteiger partial charge in [-0.15, -0.1) is 0 Å². The topological polar surface area (TPSA) is 21.3 Å². The highest BCUT2D eigenvalue weighted by Gasteiger charge is 2.21. The molecule has 0 heterocycles. The smallest absolute Gasteiger partial charge is 0.138 e. The summed E-state index contributed by atoms with van der Waals surface area (Å²) in [4.78, 5) is 0. The third kappa shape index (κ3) is 3.25. The van der Waals surface area contributed by atoms with Gasteiger partial charge >= 0.3 is 0 Å². The zero-order valence-corrected chi connectivity index (χ0v) is 15.0. The molecule has 0 fully saturated rings. The van der Waals surface area contributed by atoms with Crippen LogP contribution in [-0.4, -0.2) is 14.2 Å². The molecule has 4 heteroatoms. The van der Waals surface area contributed by atoms with Crippen molar-refractivity contribution in [1.29, 1.82) is 0 Å². The summed E-state index contributed by atoms with van der Waals surface area (Å²) in [5.41, 5.74) is 4.79. The number of ether oxygens (including phenoxy) is 1. The molecule has 0 bridgehead atoms. The average Bonchev–Trinajstić information content (AvgIpc) is 2.44. The first kappa shape index (κ1) is 16.3. The molecule has 1 atom stereocenters. The molecule has 0 amide bonds. The molecule has 112 valence electrons. The van der Waals surface area contributed by atoms with Crippen LogP contribution in [0.2, 0.25) is 5.02 Å². The molecule has 2 aromatic rings. The van der Waals surface area contributed by atoms with E-state index in [1.165, 1.54) is 16.7 Å². The quantitative estimate of drug-likeness (QED) is 0.816. The van der Waals surface area contributed by atoms with Crippen LogP contribution in [0.25, 0.3) is 0 Å². The summed E-state index contributed by atoms with van der Waals surface area (Å²) in [5.74, 6) is 0.805. The molecule has 1 N–H and O–H groups in total. The van der Waals surface area contributed by atoms with Crippen molar-refractivity contribution in [3.8, 4) is 5.75 Å². The maximum Gasteiger partial charge on any atom is 0.138 e. The third-order valence-corrected chi connectivity index (χ3v) is 4.61. The predicted octanol–water partition coefficient (Wildman–Crippen LogP) is 5.04. The van der Waals surface area contributed by atoms with E-state index < -0.39 is 0 Å². The molecule has 0 radical (unpaired) electrons. The zero-order chi connectivity index (χ0) is 15.6. The fraction of sp³-hybridized carbons (Fsp3) is 0.294. The molecule has 0 saturated heterocycles. The van der Waals surface area contributed by atoms with Crippen molar-refractivity contribution in [3.63, 3.8) is 0 Å². The minimum atomic E-state index is 0.0230. The van der Waals surface area contributed by atoms with Gasteiger partial charge in [-0.3, -0.25) is 0 Å². The van der Waals surface area contributed by atoms with Gasteiger partial charge in [-0.25, -0.2) is 0 Å². The average molecular weight is 369 g/mol. The number of benzene rings is 2. The number of halogens is 2. The molecule has 0 spiro atoms. The Labute approximate surface area is 139 Å². The summed E-state index contributed by atoms with van der Waals surface area (Å²) in [5, 5.41) is 4.06. The van der Waals surface area contributed by atoms with Gasteiger partial charge in [0.1, 0.15) is 5.75 Å². The molecule has 0 aliphatic carbocycles. The Bertz CT molecular complexity index is 657.